The third-order valence-electron chi connectivity index (χ3n) is 4.61. The van der Waals surface area contributed by atoms with Gasteiger partial charge in [0.1, 0.15) is 0 Å². The first-order valence-corrected chi connectivity index (χ1v) is 8.88. The van der Waals surface area contributed by atoms with Crippen LogP contribution in [-0.2, 0) is 0 Å². The lowest BCUT2D eigenvalue weighted by atomic mass is 10.1. The molecule has 0 radical (unpaired) electrons. The number of fused-ring (bicyclic) bond motifs is 2. The maximum atomic E-state index is 12.8. The molecule has 1 aromatic heterocycles. The molecule has 2 aromatic carbocycles. The first-order valence-electron chi connectivity index (χ1n) is 8.07. The van der Waals surface area contributed by atoms with Crippen LogP contribution in [0.4, 0.5) is 0 Å². The fraction of sp³-hybridized carbons (Fsp3) is 0.263. The molecule has 0 aliphatic carbocycles. The Morgan fingerprint density at radius 2 is 1.67 bits per heavy atom. The van der Waals surface area contributed by atoms with Crippen LogP contribution >= 0.6 is 11.3 Å². The fourth-order valence-corrected chi connectivity index (χ4v) is 4.18. The summed E-state index contributed by atoms with van der Waals surface area (Å²) in [7, 11) is 2.06. The summed E-state index contributed by atoms with van der Waals surface area (Å²) in [6.45, 7) is 3.24. The Bertz CT molecular complexity index is 987. The van der Waals surface area contributed by atoms with Gasteiger partial charge in [0.05, 0.1) is 0 Å². The molecule has 0 spiro atoms. The van der Waals surface area contributed by atoms with Gasteiger partial charge in [-0.1, -0.05) is 12.1 Å². The Morgan fingerprint density at radius 3 is 2.46 bits per heavy atom. The van der Waals surface area contributed by atoms with E-state index in [1.807, 2.05) is 41.3 Å². The van der Waals surface area contributed by atoms with E-state index in [1.165, 1.54) is 0 Å². The van der Waals surface area contributed by atoms with Crippen LogP contribution in [0.3, 0.4) is 0 Å². The lowest BCUT2D eigenvalue weighted by Gasteiger charge is -2.32. The highest BCUT2D eigenvalue weighted by Crippen LogP contribution is 2.25. The lowest BCUT2D eigenvalue weighted by molar-refractivity contribution is 0.0664. The van der Waals surface area contributed by atoms with Crippen molar-refractivity contribution in [3.63, 3.8) is 0 Å². The van der Waals surface area contributed by atoms with Gasteiger partial charge in [-0.15, -0.1) is 11.3 Å². The predicted molar refractivity (Wildman–Crippen MR) is 99.0 cm³/mol. The molecule has 2 heterocycles. The van der Waals surface area contributed by atoms with Crippen LogP contribution in [0, 0.1) is 0 Å². The predicted octanol–water partition coefficient (Wildman–Crippen LogP) is 2.80. The van der Waals surface area contributed by atoms with Gasteiger partial charge < -0.3 is 9.80 Å². The Kier molecular flexibility index (Phi) is 3.82. The number of likely N-dealkylation sites (N-methyl/N-ethyl adjacent to an activating group) is 1. The molecule has 0 saturated carbocycles. The van der Waals surface area contributed by atoms with Gasteiger partial charge in [0.15, 0.2) is 5.43 Å². The number of benzene rings is 2. The maximum absolute atomic E-state index is 12.8. The molecule has 0 N–H and O–H groups in total. The quantitative estimate of drug-likeness (QED) is 0.641. The first-order chi connectivity index (χ1) is 11.6. The van der Waals surface area contributed by atoms with E-state index < -0.39 is 0 Å². The number of carbonyl (C=O) groups excluding carboxylic acids is 1. The van der Waals surface area contributed by atoms with Crippen LogP contribution in [0.25, 0.3) is 20.2 Å². The molecular weight excluding hydrogens is 320 g/mol. The molecule has 0 unspecified atom stereocenters. The maximum Gasteiger partial charge on any atom is 0.253 e. The summed E-state index contributed by atoms with van der Waals surface area (Å²) in [6.07, 6.45) is 0. The Labute approximate surface area is 143 Å². The molecule has 1 saturated heterocycles. The fourth-order valence-electron chi connectivity index (χ4n) is 3.13. The number of rotatable bonds is 1. The highest BCUT2D eigenvalue weighted by molar-refractivity contribution is 7.24. The van der Waals surface area contributed by atoms with Crippen molar-refractivity contribution in [1.82, 2.24) is 9.80 Å². The van der Waals surface area contributed by atoms with Crippen molar-refractivity contribution in [2.45, 2.75) is 0 Å². The lowest BCUT2D eigenvalue weighted by Crippen LogP contribution is -2.47. The minimum absolute atomic E-state index is 0.00683. The van der Waals surface area contributed by atoms with E-state index in [-0.39, 0.29) is 11.3 Å². The van der Waals surface area contributed by atoms with Crippen LogP contribution in [0.1, 0.15) is 10.4 Å². The second-order valence-corrected chi connectivity index (χ2v) is 7.32. The molecule has 122 valence electrons. The monoisotopic (exact) mass is 338 g/mol. The zero-order valence-corrected chi connectivity index (χ0v) is 14.3. The van der Waals surface area contributed by atoms with Crippen LogP contribution < -0.4 is 5.43 Å². The number of carbonyl (C=O) groups is 1. The van der Waals surface area contributed by atoms with Gasteiger partial charge in [0.2, 0.25) is 0 Å². The normalized spacial score (nSPS) is 16.0. The van der Waals surface area contributed by atoms with Gasteiger partial charge in [-0.3, -0.25) is 9.59 Å². The van der Waals surface area contributed by atoms with E-state index in [9.17, 15) is 9.59 Å². The molecule has 1 aliphatic heterocycles. The summed E-state index contributed by atoms with van der Waals surface area (Å²) < 4.78 is 1.90. The Morgan fingerprint density at radius 1 is 0.958 bits per heavy atom. The summed E-state index contributed by atoms with van der Waals surface area (Å²) in [4.78, 5) is 29.6. The van der Waals surface area contributed by atoms with Crippen molar-refractivity contribution < 1.29 is 4.79 Å². The molecule has 1 aliphatic rings. The van der Waals surface area contributed by atoms with Gasteiger partial charge in [-0.2, -0.15) is 0 Å². The molecule has 1 amide bonds. The van der Waals surface area contributed by atoms with Crippen molar-refractivity contribution >= 4 is 37.4 Å². The van der Waals surface area contributed by atoms with E-state index in [2.05, 4.69) is 11.9 Å². The van der Waals surface area contributed by atoms with Crippen molar-refractivity contribution in [2.24, 2.45) is 0 Å². The number of amides is 1. The molecule has 5 heteroatoms. The standard InChI is InChI=1S/C19H18N2O2S/c1-20-8-10-21(11-9-20)19(23)13-6-7-17-15(12-13)18(22)14-4-2-3-5-16(14)24-17/h2-7,12H,8-11H2,1H3. The average molecular weight is 338 g/mol. The van der Waals surface area contributed by atoms with E-state index in [1.54, 1.807) is 17.4 Å². The molecule has 1 fully saturated rings. The SMILES string of the molecule is CN1CCN(C(=O)c2ccc3sc4ccccc4c(=O)c3c2)CC1. The Hall–Kier alpha value is -2.24. The minimum atomic E-state index is 0.00683. The van der Waals surface area contributed by atoms with Crippen molar-refractivity contribution in [3.8, 4) is 0 Å². The molecule has 0 atom stereocenters. The van der Waals surface area contributed by atoms with Crippen LogP contribution in [-0.4, -0.2) is 48.9 Å². The van der Waals surface area contributed by atoms with E-state index in [4.69, 9.17) is 0 Å². The minimum Gasteiger partial charge on any atom is -0.336 e. The van der Waals surface area contributed by atoms with E-state index >= 15 is 0 Å². The summed E-state index contributed by atoms with van der Waals surface area (Å²) in [5, 5.41) is 1.36. The zero-order chi connectivity index (χ0) is 16.7. The molecule has 3 aromatic rings. The van der Waals surface area contributed by atoms with E-state index in [0.717, 1.165) is 41.0 Å². The third-order valence-corrected chi connectivity index (χ3v) is 5.77. The third kappa shape index (κ3) is 2.60. The second kappa shape index (κ2) is 6.00. The van der Waals surface area contributed by atoms with Gasteiger partial charge in [-0.05, 0) is 37.4 Å². The number of nitrogens with zero attached hydrogens (tertiary/aromatic N) is 2. The van der Waals surface area contributed by atoms with Gasteiger partial charge in [-0.25, -0.2) is 0 Å². The Balaban J connectivity index is 1.78. The number of piperazine rings is 1. The second-order valence-electron chi connectivity index (χ2n) is 6.23. The van der Waals surface area contributed by atoms with Gasteiger partial charge in [0.25, 0.3) is 5.91 Å². The van der Waals surface area contributed by atoms with Crippen LogP contribution in [0.5, 0.6) is 0 Å². The van der Waals surface area contributed by atoms with E-state index in [0.29, 0.717) is 10.9 Å². The zero-order valence-electron chi connectivity index (χ0n) is 13.5. The van der Waals surface area contributed by atoms with Crippen molar-refractivity contribution in [3.05, 3.63) is 58.3 Å². The highest BCUT2D eigenvalue weighted by Gasteiger charge is 2.21. The number of hydrogen-bond donors (Lipinski definition) is 0. The highest BCUT2D eigenvalue weighted by atomic mass is 32.1. The topological polar surface area (TPSA) is 40.6 Å². The molecule has 4 nitrogen and oxygen atoms in total. The molecule has 4 rings (SSSR count). The average Bonchev–Trinajstić information content (AvgIpc) is 2.62. The van der Waals surface area contributed by atoms with Gasteiger partial charge >= 0.3 is 0 Å². The number of hydrogen-bond acceptors (Lipinski definition) is 4. The summed E-state index contributed by atoms with van der Waals surface area (Å²) in [5.74, 6) is 0.0163. The van der Waals surface area contributed by atoms with Crippen molar-refractivity contribution in [2.75, 3.05) is 33.2 Å². The van der Waals surface area contributed by atoms with Crippen LogP contribution in [0.2, 0.25) is 0 Å². The van der Waals surface area contributed by atoms with Crippen LogP contribution in [0.15, 0.2) is 47.3 Å². The van der Waals surface area contributed by atoms with Crippen molar-refractivity contribution in [1.29, 1.82) is 0 Å². The molecule has 0 bridgehead atoms. The summed E-state index contributed by atoms with van der Waals surface area (Å²) in [6, 6.07) is 13.1. The summed E-state index contributed by atoms with van der Waals surface area (Å²) in [5.41, 5.74) is 0.610. The largest absolute Gasteiger partial charge is 0.336 e. The van der Waals surface area contributed by atoms with Gasteiger partial charge in [0, 0.05) is 51.9 Å². The molecular formula is C19H18N2O2S. The first kappa shape index (κ1) is 15.3. The molecule has 24 heavy (non-hydrogen) atoms. The summed E-state index contributed by atoms with van der Waals surface area (Å²) >= 11 is 1.59. The smallest absolute Gasteiger partial charge is 0.253 e.